The van der Waals surface area contributed by atoms with Gasteiger partial charge < -0.3 is 0 Å². The Hall–Kier alpha value is -1.39. The van der Waals surface area contributed by atoms with Gasteiger partial charge >= 0.3 is 0 Å². The van der Waals surface area contributed by atoms with Crippen molar-refractivity contribution in [3.05, 3.63) is 29.3 Å². The lowest BCUT2D eigenvalue weighted by molar-refractivity contribution is 0.112. The SMILES string of the molecule is O=Cc1cnc(C(F)F)c(F)c1. The van der Waals surface area contributed by atoms with Crippen molar-refractivity contribution >= 4 is 6.29 Å². The molecule has 0 spiro atoms. The van der Waals surface area contributed by atoms with E-state index >= 15 is 0 Å². The number of rotatable bonds is 2. The van der Waals surface area contributed by atoms with Crippen LogP contribution in [-0.2, 0) is 0 Å². The molecule has 1 aromatic heterocycles. The number of alkyl halides is 2. The number of carbonyl (C=O) groups is 1. The molecule has 0 amide bonds. The Morgan fingerprint density at radius 1 is 1.50 bits per heavy atom. The Balaban J connectivity index is 3.11. The van der Waals surface area contributed by atoms with Crippen LogP contribution in [0.4, 0.5) is 13.2 Å². The molecule has 1 rings (SSSR count). The van der Waals surface area contributed by atoms with Gasteiger partial charge in [0.25, 0.3) is 6.43 Å². The van der Waals surface area contributed by atoms with E-state index in [1.165, 1.54) is 0 Å². The first-order chi connectivity index (χ1) is 5.65. The predicted octanol–water partition coefficient (Wildman–Crippen LogP) is 1.97. The normalized spacial score (nSPS) is 10.3. The molecule has 0 aromatic carbocycles. The summed E-state index contributed by atoms with van der Waals surface area (Å²) in [5.74, 6) is -1.16. The number of aldehydes is 1. The van der Waals surface area contributed by atoms with Crippen LogP contribution in [0.15, 0.2) is 12.3 Å². The number of halogens is 3. The van der Waals surface area contributed by atoms with E-state index in [9.17, 15) is 18.0 Å². The molecule has 0 fully saturated rings. The summed E-state index contributed by atoms with van der Waals surface area (Å²) in [4.78, 5) is 13.1. The summed E-state index contributed by atoms with van der Waals surface area (Å²) >= 11 is 0. The van der Waals surface area contributed by atoms with Gasteiger partial charge in [0.15, 0.2) is 12.1 Å². The Kier molecular flexibility index (Phi) is 2.42. The summed E-state index contributed by atoms with van der Waals surface area (Å²) in [6.45, 7) is 0. The van der Waals surface area contributed by atoms with Crippen LogP contribution in [0.2, 0.25) is 0 Å². The summed E-state index contributed by atoms with van der Waals surface area (Å²) in [5, 5.41) is 0. The van der Waals surface area contributed by atoms with E-state index < -0.39 is 17.9 Å². The molecule has 0 saturated carbocycles. The van der Waals surface area contributed by atoms with E-state index in [1.54, 1.807) is 0 Å². The second-order valence-corrected chi connectivity index (χ2v) is 2.05. The van der Waals surface area contributed by atoms with Crippen molar-refractivity contribution < 1.29 is 18.0 Å². The number of carbonyl (C=O) groups excluding carboxylic acids is 1. The van der Waals surface area contributed by atoms with Gasteiger partial charge in [0.05, 0.1) is 0 Å². The topological polar surface area (TPSA) is 30.0 Å². The molecular formula is C7H4F3NO. The van der Waals surface area contributed by atoms with Crippen LogP contribution < -0.4 is 0 Å². The first kappa shape index (κ1) is 8.70. The van der Waals surface area contributed by atoms with Crippen molar-refractivity contribution in [2.75, 3.05) is 0 Å². The summed E-state index contributed by atoms with van der Waals surface area (Å²) in [7, 11) is 0. The van der Waals surface area contributed by atoms with Crippen LogP contribution in [-0.4, -0.2) is 11.3 Å². The molecule has 2 nitrogen and oxygen atoms in total. The Bertz CT molecular complexity index is 301. The maximum absolute atomic E-state index is 12.6. The molecule has 0 radical (unpaired) electrons. The molecule has 0 atom stereocenters. The molecule has 0 aliphatic heterocycles. The van der Waals surface area contributed by atoms with Gasteiger partial charge in [0, 0.05) is 11.8 Å². The quantitative estimate of drug-likeness (QED) is 0.643. The van der Waals surface area contributed by atoms with Gasteiger partial charge in [0.1, 0.15) is 5.69 Å². The van der Waals surface area contributed by atoms with Crippen molar-refractivity contribution in [3.63, 3.8) is 0 Å². The number of hydrogen-bond donors (Lipinski definition) is 0. The lowest BCUT2D eigenvalue weighted by Gasteiger charge is -1.99. The molecule has 0 unspecified atom stereocenters. The average Bonchev–Trinajstić information content (AvgIpc) is 2.03. The molecule has 12 heavy (non-hydrogen) atoms. The number of aromatic nitrogens is 1. The van der Waals surface area contributed by atoms with Gasteiger partial charge in [-0.1, -0.05) is 0 Å². The maximum atomic E-state index is 12.6. The minimum Gasteiger partial charge on any atom is -0.298 e. The third-order valence-corrected chi connectivity index (χ3v) is 1.23. The number of nitrogens with zero attached hydrogens (tertiary/aromatic N) is 1. The molecule has 0 saturated heterocycles. The minimum atomic E-state index is -2.95. The number of pyridine rings is 1. The summed E-state index contributed by atoms with van der Waals surface area (Å²) in [5.41, 5.74) is -0.988. The van der Waals surface area contributed by atoms with Gasteiger partial charge in [-0.2, -0.15) is 0 Å². The van der Waals surface area contributed by atoms with Crippen molar-refractivity contribution in [2.45, 2.75) is 6.43 Å². The van der Waals surface area contributed by atoms with Gasteiger partial charge in [-0.05, 0) is 6.07 Å². The zero-order valence-electron chi connectivity index (χ0n) is 5.80. The molecule has 5 heteroatoms. The first-order valence-corrected chi connectivity index (χ1v) is 3.04. The summed E-state index contributed by atoms with van der Waals surface area (Å²) < 4.78 is 36.3. The molecule has 0 N–H and O–H groups in total. The fourth-order valence-electron chi connectivity index (χ4n) is 0.688. The molecule has 1 aromatic rings. The highest BCUT2D eigenvalue weighted by Gasteiger charge is 2.14. The molecule has 0 aliphatic carbocycles. The highest BCUT2D eigenvalue weighted by Crippen LogP contribution is 2.19. The maximum Gasteiger partial charge on any atom is 0.283 e. The van der Waals surface area contributed by atoms with Crippen molar-refractivity contribution in [1.82, 2.24) is 4.98 Å². The van der Waals surface area contributed by atoms with Crippen LogP contribution in [0, 0.1) is 5.82 Å². The third kappa shape index (κ3) is 1.61. The van der Waals surface area contributed by atoms with Crippen LogP contribution in [0.5, 0.6) is 0 Å². The highest BCUT2D eigenvalue weighted by molar-refractivity contribution is 5.73. The van der Waals surface area contributed by atoms with Crippen LogP contribution in [0.25, 0.3) is 0 Å². The van der Waals surface area contributed by atoms with Gasteiger partial charge in [-0.3, -0.25) is 9.78 Å². The van der Waals surface area contributed by atoms with Gasteiger partial charge in [0.2, 0.25) is 0 Å². The van der Waals surface area contributed by atoms with E-state index in [0.717, 1.165) is 12.3 Å². The lowest BCUT2D eigenvalue weighted by atomic mass is 10.2. The third-order valence-electron chi connectivity index (χ3n) is 1.23. The van der Waals surface area contributed by atoms with Gasteiger partial charge in [-0.15, -0.1) is 0 Å². The molecule has 0 bridgehead atoms. The molecule has 1 heterocycles. The molecule has 0 aliphatic rings. The first-order valence-electron chi connectivity index (χ1n) is 3.04. The van der Waals surface area contributed by atoms with E-state index in [4.69, 9.17) is 0 Å². The fourth-order valence-corrected chi connectivity index (χ4v) is 0.688. The largest absolute Gasteiger partial charge is 0.298 e. The van der Waals surface area contributed by atoms with Crippen LogP contribution in [0.1, 0.15) is 22.5 Å². The van der Waals surface area contributed by atoms with E-state index in [2.05, 4.69) is 4.98 Å². The molecular weight excluding hydrogens is 171 g/mol. The fraction of sp³-hybridized carbons (Fsp3) is 0.143. The Labute approximate surface area is 66.0 Å². The zero-order valence-corrected chi connectivity index (χ0v) is 5.80. The summed E-state index contributed by atoms with van der Waals surface area (Å²) in [6, 6.07) is 0.724. The van der Waals surface area contributed by atoms with Crippen LogP contribution in [0.3, 0.4) is 0 Å². The lowest BCUT2D eigenvalue weighted by Crippen LogP contribution is -1.96. The number of hydrogen-bond acceptors (Lipinski definition) is 2. The van der Waals surface area contributed by atoms with Crippen molar-refractivity contribution in [3.8, 4) is 0 Å². The average molecular weight is 175 g/mol. The summed E-state index contributed by atoms with van der Waals surface area (Å²) in [6.07, 6.45) is -1.71. The standard InChI is InChI=1S/C7H4F3NO/c8-5-1-4(3-12)2-11-6(5)7(9)10/h1-3,7H. The van der Waals surface area contributed by atoms with Crippen molar-refractivity contribution in [1.29, 1.82) is 0 Å². The van der Waals surface area contributed by atoms with E-state index in [0.29, 0.717) is 6.29 Å². The monoisotopic (exact) mass is 175 g/mol. The second kappa shape index (κ2) is 3.34. The van der Waals surface area contributed by atoms with Crippen LogP contribution >= 0.6 is 0 Å². The highest BCUT2D eigenvalue weighted by atomic mass is 19.3. The predicted molar refractivity (Wildman–Crippen MR) is 34.5 cm³/mol. The molecule has 64 valence electrons. The smallest absolute Gasteiger partial charge is 0.283 e. The van der Waals surface area contributed by atoms with E-state index in [-0.39, 0.29) is 5.56 Å². The van der Waals surface area contributed by atoms with E-state index in [1.807, 2.05) is 0 Å². The van der Waals surface area contributed by atoms with Gasteiger partial charge in [-0.25, -0.2) is 13.2 Å². The second-order valence-electron chi connectivity index (χ2n) is 2.05. The zero-order chi connectivity index (χ0) is 9.14. The minimum absolute atomic E-state index is 0.0584. The van der Waals surface area contributed by atoms with Crippen molar-refractivity contribution in [2.24, 2.45) is 0 Å². The Morgan fingerprint density at radius 2 is 2.17 bits per heavy atom. The Morgan fingerprint density at radius 3 is 2.58 bits per heavy atom.